The van der Waals surface area contributed by atoms with Crippen molar-refractivity contribution in [3.63, 3.8) is 0 Å². The highest BCUT2D eigenvalue weighted by Crippen LogP contribution is 2.17. The summed E-state index contributed by atoms with van der Waals surface area (Å²) in [7, 11) is 0. The van der Waals surface area contributed by atoms with Crippen molar-refractivity contribution >= 4 is 17.4 Å². The van der Waals surface area contributed by atoms with Crippen LogP contribution < -0.4 is 0 Å². The number of benzene rings is 1. The molecule has 1 aromatic heterocycles. The van der Waals surface area contributed by atoms with Gasteiger partial charge < -0.3 is 4.98 Å². The van der Waals surface area contributed by atoms with Gasteiger partial charge in [-0.05, 0) is 30.7 Å². The van der Waals surface area contributed by atoms with Crippen molar-refractivity contribution in [1.82, 2.24) is 9.97 Å². The summed E-state index contributed by atoms with van der Waals surface area (Å²) >= 11 is 5.90. The number of hydrogen-bond acceptors (Lipinski definition) is 2. The first kappa shape index (κ1) is 10.9. The summed E-state index contributed by atoms with van der Waals surface area (Å²) in [6.07, 6.45) is 3.62. The number of carbonyl (C=O) groups excluding carboxylic acids is 1. The van der Waals surface area contributed by atoms with Gasteiger partial charge in [-0.25, -0.2) is 4.98 Å². The van der Waals surface area contributed by atoms with Crippen molar-refractivity contribution in [2.75, 3.05) is 0 Å². The Hall–Kier alpha value is -1.61. The summed E-state index contributed by atoms with van der Waals surface area (Å²) in [6, 6.07) is 5.28. The Morgan fingerprint density at radius 2 is 2.31 bits per heavy atom. The molecule has 0 spiro atoms. The van der Waals surface area contributed by atoms with E-state index in [0.29, 0.717) is 16.4 Å². The number of aromatic nitrogens is 2. The summed E-state index contributed by atoms with van der Waals surface area (Å²) in [4.78, 5) is 18.8. The van der Waals surface area contributed by atoms with Crippen LogP contribution in [0.3, 0.4) is 0 Å². The molecule has 0 atom stereocenters. The van der Waals surface area contributed by atoms with Gasteiger partial charge in [-0.15, -0.1) is 0 Å². The highest BCUT2D eigenvalue weighted by Gasteiger charge is 2.09. The molecule has 1 heterocycles. The van der Waals surface area contributed by atoms with Gasteiger partial charge in [0, 0.05) is 23.0 Å². The van der Waals surface area contributed by atoms with Crippen LogP contribution >= 0.6 is 11.6 Å². The molecule has 2 aromatic rings. The molecule has 0 aliphatic heterocycles. The number of aryl methyl sites for hydroxylation is 1. The number of imidazole rings is 1. The van der Waals surface area contributed by atoms with Crippen molar-refractivity contribution in [2.24, 2.45) is 0 Å². The Kier molecular flexibility index (Phi) is 3.06. The summed E-state index contributed by atoms with van der Waals surface area (Å²) in [6.45, 7) is 1.88. The number of nitrogens with one attached hydrogen (secondary N) is 1. The smallest absolute Gasteiger partial charge is 0.170 e. The predicted octanol–water partition coefficient (Wildman–Crippen LogP) is 2.80. The zero-order valence-electron chi connectivity index (χ0n) is 8.83. The summed E-state index contributed by atoms with van der Waals surface area (Å²) in [5.41, 5.74) is 1.57. The average molecular weight is 235 g/mol. The van der Waals surface area contributed by atoms with E-state index in [1.807, 2.05) is 6.92 Å². The molecule has 82 valence electrons. The van der Waals surface area contributed by atoms with E-state index in [4.69, 9.17) is 11.6 Å². The minimum Gasteiger partial charge on any atom is -0.348 e. The topological polar surface area (TPSA) is 45.8 Å². The molecule has 0 unspecified atom stereocenters. The van der Waals surface area contributed by atoms with Crippen LogP contribution in [0.5, 0.6) is 0 Å². The molecule has 0 amide bonds. The van der Waals surface area contributed by atoms with Crippen LogP contribution in [-0.4, -0.2) is 15.8 Å². The van der Waals surface area contributed by atoms with Crippen LogP contribution in [0, 0.1) is 6.92 Å². The van der Waals surface area contributed by atoms with Gasteiger partial charge in [0.2, 0.25) is 0 Å². The van der Waals surface area contributed by atoms with E-state index in [1.165, 1.54) is 0 Å². The molecule has 0 fully saturated rings. The van der Waals surface area contributed by atoms with Gasteiger partial charge in [-0.3, -0.25) is 4.79 Å². The van der Waals surface area contributed by atoms with Gasteiger partial charge in [0.15, 0.2) is 5.78 Å². The largest absolute Gasteiger partial charge is 0.348 e. The fourth-order valence-corrected chi connectivity index (χ4v) is 1.58. The quantitative estimate of drug-likeness (QED) is 0.830. The van der Waals surface area contributed by atoms with Gasteiger partial charge >= 0.3 is 0 Å². The lowest BCUT2D eigenvalue weighted by molar-refractivity contribution is 0.0991. The van der Waals surface area contributed by atoms with E-state index in [0.717, 1.165) is 5.56 Å². The summed E-state index contributed by atoms with van der Waals surface area (Å²) in [5.74, 6) is 0.715. The molecule has 1 N–H and O–H groups in total. The Labute approximate surface area is 98.5 Å². The Balaban J connectivity index is 2.18. The van der Waals surface area contributed by atoms with Crippen LogP contribution in [0.2, 0.25) is 5.02 Å². The fourth-order valence-electron chi connectivity index (χ4n) is 1.47. The number of rotatable bonds is 3. The number of halogens is 1. The third kappa shape index (κ3) is 2.31. The first-order valence-corrected chi connectivity index (χ1v) is 5.32. The Morgan fingerprint density at radius 1 is 1.50 bits per heavy atom. The van der Waals surface area contributed by atoms with Crippen LogP contribution in [0.15, 0.2) is 30.6 Å². The molecule has 3 nitrogen and oxygen atoms in total. The second kappa shape index (κ2) is 4.49. The molecule has 1 aromatic carbocycles. The summed E-state index contributed by atoms with van der Waals surface area (Å²) in [5, 5.41) is 0.676. The maximum absolute atomic E-state index is 11.9. The second-order valence-electron chi connectivity index (χ2n) is 3.60. The average Bonchev–Trinajstić information content (AvgIpc) is 2.74. The molecule has 0 aliphatic rings. The first-order valence-electron chi connectivity index (χ1n) is 4.94. The monoisotopic (exact) mass is 234 g/mol. The molecule has 2 rings (SSSR count). The minimum absolute atomic E-state index is 0.0368. The highest BCUT2D eigenvalue weighted by molar-refractivity contribution is 6.31. The van der Waals surface area contributed by atoms with Crippen molar-refractivity contribution in [3.8, 4) is 0 Å². The molecule has 4 heteroatoms. The number of ketones is 1. The molecule has 16 heavy (non-hydrogen) atoms. The van der Waals surface area contributed by atoms with Gasteiger partial charge in [0.25, 0.3) is 0 Å². The zero-order valence-corrected chi connectivity index (χ0v) is 9.58. The van der Waals surface area contributed by atoms with Crippen molar-refractivity contribution in [1.29, 1.82) is 0 Å². The number of Topliss-reactive ketones (excluding diaryl/α,β-unsaturated/α-hetero) is 1. The third-order valence-electron chi connectivity index (χ3n) is 2.36. The number of H-pyrrole nitrogens is 1. The molecule has 0 saturated carbocycles. The van der Waals surface area contributed by atoms with Crippen LogP contribution in [-0.2, 0) is 6.42 Å². The lowest BCUT2D eigenvalue weighted by atomic mass is 10.1. The van der Waals surface area contributed by atoms with E-state index in [9.17, 15) is 4.79 Å². The van der Waals surface area contributed by atoms with Gasteiger partial charge in [-0.2, -0.15) is 0 Å². The number of nitrogens with zero attached hydrogens (tertiary/aromatic N) is 1. The zero-order chi connectivity index (χ0) is 11.5. The van der Waals surface area contributed by atoms with E-state index in [-0.39, 0.29) is 12.2 Å². The van der Waals surface area contributed by atoms with Crippen LogP contribution in [0.25, 0.3) is 0 Å². The number of hydrogen-bond donors (Lipinski definition) is 1. The normalized spacial score (nSPS) is 10.4. The van der Waals surface area contributed by atoms with Crippen LogP contribution in [0.4, 0.5) is 0 Å². The fraction of sp³-hybridized carbons (Fsp3) is 0.167. The van der Waals surface area contributed by atoms with E-state index < -0.39 is 0 Å². The Morgan fingerprint density at radius 3 is 2.94 bits per heavy atom. The molecule has 0 bridgehead atoms. The van der Waals surface area contributed by atoms with Crippen molar-refractivity contribution in [2.45, 2.75) is 13.3 Å². The maximum Gasteiger partial charge on any atom is 0.170 e. The number of carbonyl (C=O) groups is 1. The van der Waals surface area contributed by atoms with Crippen LogP contribution in [0.1, 0.15) is 21.7 Å². The summed E-state index contributed by atoms with van der Waals surface area (Å²) < 4.78 is 0. The second-order valence-corrected chi connectivity index (χ2v) is 4.01. The predicted molar refractivity (Wildman–Crippen MR) is 62.8 cm³/mol. The molecular formula is C12H11ClN2O. The third-order valence-corrected chi connectivity index (χ3v) is 2.79. The highest BCUT2D eigenvalue weighted by atomic mass is 35.5. The maximum atomic E-state index is 11.9. The molecule has 0 saturated heterocycles. The number of aromatic amines is 1. The van der Waals surface area contributed by atoms with Gasteiger partial charge in [0.1, 0.15) is 5.82 Å². The Bertz CT molecular complexity index is 506. The molecule has 0 aliphatic carbocycles. The molecular weight excluding hydrogens is 224 g/mol. The minimum atomic E-state index is 0.0368. The van der Waals surface area contributed by atoms with E-state index in [2.05, 4.69) is 9.97 Å². The van der Waals surface area contributed by atoms with E-state index >= 15 is 0 Å². The van der Waals surface area contributed by atoms with Crippen molar-refractivity contribution in [3.05, 3.63) is 52.6 Å². The van der Waals surface area contributed by atoms with Gasteiger partial charge in [-0.1, -0.05) is 11.6 Å². The van der Waals surface area contributed by atoms with Crippen molar-refractivity contribution < 1.29 is 4.79 Å². The van der Waals surface area contributed by atoms with Gasteiger partial charge in [0.05, 0.1) is 6.42 Å². The lowest BCUT2D eigenvalue weighted by Crippen LogP contribution is -2.05. The first-order chi connectivity index (χ1) is 7.66. The lowest BCUT2D eigenvalue weighted by Gasteiger charge is -2.02. The molecule has 0 radical (unpaired) electrons. The van der Waals surface area contributed by atoms with E-state index in [1.54, 1.807) is 30.6 Å². The SMILES string of the molecule is Cc1cc(C(=O)Cc2ncc[nH]2)ccc1Cl. The standard InChI is InChI=1S/C12H11ClN2O/c1-8-6-9(2-3-10(8)13)11(16)7-12-14-4-5-15-12/h2-6H,7H2,1H3,(H,14,15).